The van der Waals surface area contributed by atoms with Gasteiger partial charge in [-0.3, -0.25) is 4.79 Å². The zero-order chi connectivity index (χ0) is 4.28. The fourth-order valence-corrected chi connectivity index (χ4v) is 0. The molecular formula is C3H6NaOS. The first-order valence-electron chi connectivity index (χ1n) is 1.49. The molecule has 0 spiro atoms. The second-order valence-electron chi connectivity index (χ2n) is 0.747. The van der Waals surface area contributed by atoms with E-state index < -0.39 is 0 Å². The van der Waals surface area contributed by atoms with Gasteiger partial charge in [0.15, 0.2) is 5.12 Å². The molecule has 0 rings (SSSR count). The van der Waals surface area contributed by atoms with Crippen LogP contribution in [0.3, 0.4) is 0 Å². The fourth-order valence-electron chi connectivity index (χ4n) is 0. The van der Waals surface area contributed by atoms with Gasteiger partial charge in [-0.05, 0) is 0 Å². The summed E-state index contributed by atoms with van der Waals surface area (Å²) >= 11 is 3.46. The molecule has 0 bridgehead atoms. The first kappa shape index (κ1) is 10.1. The van der Waals surface area contributed by atoms with Crippen LogP contribution in [-0.2, 0) is 4.79 Å². The van der Waals surface area contributed by atoms with Gasteiger partial charge in [-0.15, -0.1) is 12.6 Å². The minimum Gasteiger partial charge on any atom is -0.288 e. The Morgan fingerprint density at radius 2 is 2.00 bits per heavy atom. The maximum Gasteiger partial charge on any atom is 0.185 e. The van der Waals surface area contributed by atoms with Crippen LogP contribution in [0.5, 0.6) is 0 Å². The number of rotatable bonds is 1. The second kappa shape index (κ2) is 6.02. The summed E-state index contributed by atoms with van der Waals surface area (Å²) in [6, 6.07) is 0. The van der Waals surface area contributed by atoms with Gasteiger partial charge in [0.05, 0.1) is 0 Å². The summed E-state index contributed by atoms with van der Waals surface area (Å²) in [5.41, 5.74) is 0. The molecule has 0 aliphatic heterocycles. The summed E-state index contributed by atoms with van der Waals surface area (Å²) in [4.78, 5) is 9.68. The fraction of sp³-hybridized carbons (Fsp3) is 0.667. The van der Waals surface area contributed by atoms with Crippen molar-refractivity contribution in [2.24, 2.45) is 0 Å². The van der Waals surface area contributed by atoms with Crippen molar-refractivity contribution in [3.63, 3.8) is 0 Å². The molecule has 0 fully saturated rings. The maximum absolute atomic E-state index is 9.68. The van der Waals surface area contributed by atoms with Crippen LogP contribution in [-0.4, -0.2) is 34.7 Å². The molecular weight excluding hydrogens is 107 g/mol. The molecule has 0 aromatic heterocycles. The van der Waals surface area contributed by atoms with Crippen LogP contribution in [0, 0.1) is 0 Å². The SMILES string of the molecule is CCC(=O)S.[Na]. The molecule has 0 saturated carbocycles. The molecule has 0 amide bonds. The molecule has 0 N–H and O–H groups in total. The zero-order valence-corrected chi connectivity index (χ0v) is 6.96. The Hall–Kier alpha value is 1.02. The summed E-state index contributed by atoms with van der Waals surface area (Å²) in [5.74, 6) is 0. The average molecular weight is 113 g/mol. The summed E-state index contributed by atoms with van der Waals surface area (Å²) in [6.45, 7) is 1.77. The Kier molecular flexibility index (Phi) is 10.1. The largest absolute Gasteiger partial charge is 0.288 e. The van der Waals surface area contributed by atoms with E-state index in [9.17, 15) is 4.79 Å². The molecule has 1 radical (unpaired) electrons. The van der Waals surface area contributed by atoms with E-state index in [1.807, 2.05) is 0 Å². The first-order chi connectivity index (χ1) is 2.27. The summed E-state index contributed by atoms with van der Waals surface area (Å²) in [7, 11) is 0. The van der Waals surface area contributed by atoms with Gasteiger partial charge in [0.2, 0.25) is 0 Å². The monoisotopic (exact) mass is 113 g/mol. The van der Waals surface area contributed by atoms with Crippen molar-refractivity contribution in [2.45, 2.75) is 13.3 Å². The molecule has 0 aliphatic rings. The molecule has 0 heterocycles. The molecule has 0 aromatic rings. The number of hydrogen-bond donors (Lipinski definition) is 1. The van der Waals surface area contributed by atoms with Crippen LogP contribution >= 0.6 is 12.6 Å². The third kappa shape index (κ3) is 8.89. The topological polar surface area (TPSA) is 17.1 Å². The van der Waals surface area contributed by atoms with Crippen molar-refractivity contribution in [2.75, 3.05) is 0 Å². The van der Waals surface area contributed by atoms with Crippen LogP contribution in [0.1, 0.15) is 13.3 Å². The molecule has 6 heavy (non-hydrogen) atoms. The Bertz CT molecular complexity index is 46.1. The maximum atomic E-state index is 9.68. The molecule has 31 valence electrons. The Balaban J connectivity index is 0. The van der Waals surface area contributed by atoms with E-state index in [2.05, 4.69) is 12.6 Å². The van der Waals surface area contributed by atoms with Gasteiger partial charge >= 0.3 is 0 Å². The summed E-state index contributed by atoms with van der Waals surface area (Å²) in [5, 5.41) is -0.0509. The first-order valence-corrected chi connectivity index (χ1v) is 1.94. The van der Waals surface area contributed by atoms with Gasteiger partial charge in [-0.1, -0.05) is 6.92 Å². The van der Waals surface area contributed by atoms with E-state index in [-0.39, 0.29) is 34.7 Å². The Morgan fingerprint density at radius 1 is 1.83 bits per heavy atom. The van der Waals surface area contributed by atoms with Crippen molar-refractivity contribution in [3.05, 3.63) is 0 Å². The number of thiol groups is 1. The van der Waals surface area contributed by atoms with E-state index in [1.165, 1.54) is 0 Å². The number of carbonyl (C=O) groups excluding carboxylic acids is 1. The molecule has 0 unspecified atom stereocenters. The van der Waals surface area contributed by atoms with Gasteiger partial charge < -0.3 is 0 Å². The summed E-state index contributed by atoms with van der Waals surface area (Å²) in [6.07, 6.45) is 0.531. The molecule has 1 nitrogen and oxygen atoms in total. The standard InChI is InChI=1S/C3H6OS.Na/c1-2-3(4)5;/h2H2,1H3,(H,4,5);. The predicted octanol–water partition coefficient (Wildman–Crippen LogP) is 0.472. The molecule has 0 aliphatic carbocycles. The Morgan fingerprint density at radius 3 is 2.00 bits per heavy atom. The van der Waals surface area contributed by atoms with E-state index in [0.717, 1.165) is 0 Å². The number of carbonyl (C=O) groups is 1. The molecule has 0 saturated heterocycles. The third-order valence-corrected chi connectivity index (χ3v) is 0.619. The predicted molar refractivity (Wildman–Crippen MR) is 30.0 cm³/mol. The van der Waals surface area contributed by atoms with Gasteiger partial charge in [-0.25, -0.2) is 0 Å². The van der Waals surface area contributed by atoms with Crippen LogP contribution in [0.15, 0.2) is 0 Å². The van der Waals surface area contributed by atoms with Gasteiger partial charge in [0.1, 0.15) is 0 Å². The minimum absolute atomic E-state index is 0. The Labute approximate surface area is 65.2 Å². The quantitative estimate of drug-likeness (QED) is 0.386. The van der Waals surface area contributed by atoms with Gasteiger partial charge in [0.25, 0.3) is 0 Å². The van der Waals surface area contributed by atoms with Crippen LogP contribution in [0.4, 0.5) is 0 Å². The third-order valence-electron chi connectivity index (χ3n) is 0.302. The summed E-state index contributed by atoms with van der Waals surface area (Å²) < 4.78 is 0. The van der Waals surface area contributed by atoms with E-state index in [4.69, 9.17) is 0 Å². The van der Waals surface area contributed by atoms with Gasteiger partial charge in [-0.2, -0.15) is 0 Å². The molecule has 0 atom stereocenters. The van der Waals surface area contributed by atoms with Crippen LogP contribution in [0.2, 0.25) is 0 Å². The number of hydrogen-bond acceptors (Lipinski definition) is 1. The average Bonchev–Trinajstić information content (AvgIpc) is 1.38. The second-order valence-corrected chi connectivity index (χ2v) is 1.25. The van der Waals surface area contributed by atoms with Crippen molar-refractivity contribution in [3.8, 4) is 0 Å². The van der Waals surface area contributed by atoms with E-state index in [0.29, 0.717) is 6.42 Å². The van der Waals surface area contributed by atoms with Crippen molar-refractivity contribution >= 4 is 47.3 Å². The van der Waals surface area contributed by atoms with E-state index >= 15 is 0 Å². The van der Waals surface area contributed by atoms with Crippen LogP contribution < -0.4 is 0 Å². The van der Waals surface area contributed by atoms with Crippen LogP contribution in [0.25, 0.3) is 0 Å². The smallest absolute Gasteiger partial charge is 0.185 e. The minimum atomic E-state index is -0.0509. The van der Waals surface area contributed by atoms with Crippen molar-refractivity contribution < 1.29 is 4.79 Å². The van der Waals surface area contributed by atoms with E-state index in [1.54, 1.807) is 6.92 Å². The van der Waals surface area contributed by atoms with Gasteiger partial charge in [0, 0.05) is 36.0 Å². The normalized spacial score (nSPS) is 6.33. The zero-order valence-electron chi connectivity index (χ0n) is 4.06. The van der Waals surface area contributed by atoms with Crippen molar-refractivity contribution in [1.29, 1.82) is 0 Å². The van der Waals surface area contributed by atoms with Crippen molar-refractivity contribution in [1.82, 2.24) is 0 Å². The molecule has 3 heteroatoms. The molecule has 0 aromatic carbocycles.